The van der Waals surface area contributed by atoms with Gasteiger partial charge in [0.1, 0.15) is 6.61 Å². The standard InChI is InChI=1S/C14H22N2O4/c1-16(13(17)10-20-8-7-15)9-11-5-4-6-12(18-2)14(11)19-3/h4-6H,7-10,15H2,1-3H3. The largest absolute Gasteiger partial charge is 0.493 e. The maximum atomic E-state index is 11.9. The molecule has 0 saturated heterocycles. The van der Waals surface area contributed by atoms with Crippen molar-refractivity contribution >= 4 is 5.91 Å². The Morgan fingerprint density at radius 3 is 2.65 bits per heavy atom. The van der Waals surface area contributed by atoms with Crippen molar-refractivity contribution in [2.45, 2.75) is 6.54 Å². The topological polar surface area (TPSA) is 74.0 Å². The van der Waals surface area contributed by atoms with E-state index >= 15 is 0 Å². The van der Waals surface area contributed by atoms with Crippen LogP contribution in [0, 0.1) is 0 Å². The van der Waals surface area contributed by atoms with Crippen LogP contribution in [0.1, 0.15) is 5.56 Å². The summed E-state index contributed by atoms with van der Waals surface area (Å²) in [6.45, 7) is 1.23. The molecule has 20 heavy (non-hydrogen) atoms. The number of amides is 1. The highest BCUT2D eigenvalue weighted by Gasteiger charge is 2.14. The van der Waals surface area contributed by atoms with Crippen LogP contribution >= 0.6 is 0 Å². The molecule has 0 unspecified atom stereocenters. The van der Waals surface area contributed by atoms with E-state index in [-0.39, 0.29) is 12.5 Å². The van der Waals surface area contributed by atoms with E-state index in [9.17, 15) is 4.79 Å². The van der Waals surface area contributed by atoms with Crippen molar-refractivity contribution < 1.29 is 19.0 Å². The van der Waals surface area contributed by atoms with E-state index in [1.54, 1.807) is 26.2 Å². The van der Waals surface area contributed by atoms with Crippen molar-refractivity contribution in [2.24, 2.45) is 5.73 Å². The highest BCUT2D eigenvalue weighted by molar-refractivity contribution is 5.77. The predicted octanol–water partition coefficient (Wildman–Crippen LogP) is 0.638. The molecule has 1 amide bonds. The molecule has 0 aliphatic carbocycles. The van der Waals surface area contributed by atoms with Crippen molar-refractivity contribution in [1.82, 2.24) is 4.90 Å². The van der Waals surface area contributed by atoms with Crippen LogP contribution in [0.25, 0.3) is 0 Å². The summed E-state index contributed by atoms with van der Waals surface area (Å²) in [4.78, 5) is 13.4. The number of ether oxygens (including phenoxy) is 3. The zero-order valence-electron chi connectivity index (χ0n) is 12.2. The molecule has 0 aliphatic heterocycles. The van der Waals surface area contributed by atoms with Crippen LogP contribution in [0.4, 0.5) is 0 Å². The SMILES string of the molecule is COc1cccc(CN(C)C(=O)COCCN)c1OC. The molecule has 0 heterocycles. The smallest absolute Gasteiger partial charge is 0.248 e. The van der Waals surface area contributed by atoms with Crippen LogP contribution < -0.4 is 15.2 Å². The molecule has 1 rings (SSSR count). The van der Waals surface area contributed by atoms with Gasteiger partial charge in [0.05, 0.1) is 20.8 Å². The number of hydrogen-bond acceptors (Lipinski definition) is 5. The fourth-order valence-corrected chi connectivity index (χ4v) is 1.77. The summed E-state index contributed by atoms with van der Waals surface area (Å²) in [6, 6.07) is 5.57. The fraction of sp³-hybridized carbons (Fsp3) is 0.500. The Morgan fingerprint density at radius 2 is 2.05 bits per heavy atom. The van der Waals surface area contributed by atoms with Crippen LogP contribution in [0.2, 0.25) is 0 Å². The van der Waals surface area contributed by atoms with Gasteiger partial charge in [-0.15, -0.1) is 0 Å². The Labute approximate surface area is 119 Å². The monoisotopic (exact) mass is 282 g/mol. The number of nitrogens with zero attached hydrogens (tertiary/aromatic N) is 1. The van der Waals surface area contributed by atoms with Crippen LogP contribution in [-0.2, 0) is 16.1 Å². The number of carbonyl (C=O) groups excluding carboxylic acids is 1. The fourth-order valence-electron chi connectivity index (χ4n) is 1.77. The van der Waals surface area contributed by atoms with Crippen molar-refractivity contribution in [3.05, 3.63) is 23.8 Å². The second kappa shape index (κ2) is 8.39. The molecule has 0 bridgehead atoms. The molecule has 0 aromatic heterocycles. The molecule has 0 fully saturated rings. The van der Waals surface area contributed by atoms with E-state index in [4.69, 9.17) is 19.9 Å². The second-order valence-electron chi connectivity index (χ2n) is 4.24. The molecule has 1 aromatic carbocycles. The van der Waals surface area contributed by atoms with Gasteiger partial charge in [-0.3, -0.25) is 4.79 Å². The average Bonchev–Trinajstić information content (AvgIpc) is 2.46. The molecule has 6 nitrogen and oxygen atoms in total. The molecule has 0 spiro atoms. The van der Waals surface area contributed by atoms with E-state index in [1.165, 1.54) is 0 Å². The summed E-state index contributed by atoms with van der Waals surface area (Å²) in [5.41, 5.74) is 6.18. The maximum Gasteiger partial charge on any atom is 0.248 e. The zero-order valence-corrected chi connectivity index (χ0v) is 12.2. The summed E-state index contributed by atoms with van der Waals surface area (Å²) < 4.78 is 15.7. The summed E-state index contributed by atoms with van der Waals surface area (Å²) in [6.07, 6.45) is 0. The molecule has 1 aromatic rings. The van der Waals surface area contributed by atoms with E-state index in [0.717, 1.165) is 5.56 Å². The zero-order chi connectivity index (χ0) is 15.0. The van der Waals surface area contributed by atoms with Gasteiger partial charge < -0.3 is 24.8 Å². The van der Waals surface area contributed by atoms with Crippen LogP contribution in [0.15, 0.2) is 18.2 Å². The van der Waals surface area contributed by atoms with Crippen LogP contribution in [-0.4, -0.2) is 51.8 Å². The molecule has 112 valence electrons. The van der Waals surface area contributed by atoms with Crippen molar-refractivity contribution in [3.63, 3.8) is 0 Å². The lowest BCUT2D eigenvalue weighted by atomic mass is 10.1. The van der Waals surface area contributed by atoms with Gasteiger partial charge >= 0.3 is 0 Å². The summed E-state index contributed by atoms with van der Waals surface area (Å²) in [5, 5.41) is 0. The quantitative estimate of drug-likeness (QED) is 0.708. The number of methoxy groups -OCH3 is 2. The third-order valence-corrected chi connectivity index (χ3v) is 2.81. The number of likely N-dealkylation sites (N-methyl/N-ethyl adjacent to an activating group) is 1. The minimum absolute atomic E-state index is 0.0278. The van der Waals surface area contributed by atoms with Crippen molar-refractivity contribution in [3.8, 4) is 11.5 Å². The lowest BCUT2D eigenvalue weighted by molar-refractivity contribution is -0.135. The van der Waals surface area contributed by atoms with E-state index in [2.05, 4.69) is 0 Å². The maximum absolute atomic E-state index is 11.9. The van der Waals surface area contributed by atoms with E-state index in [0.29, 0.717) is 31.2 Å². The Bertz CT molecular complexity index is 437. The first-order valence-corrected chi connectivity index (χ1v) is 6.35. The molecule has 0 aliphatic rings. The van der Waals surface area contributed by atoms with Crippen LogP contribution in [0.3, 0.4) is 0 Å². The highest BCUT2D eigenvalue weighted by Crippen LogP contribution is 2.31. The number of nitrogens with two attached hydrogens (primary N) is 1. The van der Waals surface area contributed by atoms with Gasteiger partial charge in [0.15, 0.2) is 11.5 Å². The molecule has 6 heteroatoms. The average molecular weight is 282 g/mol. The number of carbonyl (C=O) groups is 1. The number of hydrogen-bond donors (Lipinski definition) is 1. The lowest BCUT2D eigenvalue weighted by Crippen LogP contribution is -2.30. The summed E-state index contributed by atoms with van der Waals surface area (Å²) >= 11 is 0. The number of rotatable bonds is 8. The molecular weight excluding hydrogens is 260 g/mol. The Kier molecular flexibility index (Phi) is 6.83. The first-order valence-electron chi connectivity index (χ1n) is 6.35. The second-order valence-corrected chi connectivity index (χ2v) is 4.24. The minimum atomic E-state index is -0.108. The molecule has 2 N–H and O–H groups in total. The van der Waals surface area contributed by atoms with Gasteiger partial charge in [-0.2, -0.15) is 0 Å². The first-order chi connectivity index (χ1) is 9.63. The molecular formula is C14H22N2O4. The van der Waals surface area contributed by atoms with Gasteiger partial charge in [0, 0.05) is 25.7 Å². The van der Waals surface area contributed by atoms with Gasteiger partial charge in [0.2, 0.25) is 5.91 Å². The van der Waals surface area contributed by atoms with Crippen molar-refractivity contribution in [1.29, 1.82) is 0 Å². The van der Waals surface area contributed by atoms with Gasteiger partial charge in [-0.05, 0) is 6.07 Å². The van der Waals surface area contributed by atoms with Gasteiger partial charge in [0.25, 0.3) is 0 Å². The van der Waals surface area contributed by atoms with E-state index in [1.807, 2.05) is 18.2 Å². The van der Waals surface area contributed by atoms with Gasteiger partial charge in [-0.1, -0.05) is 12.1 Å². The first kappa shape index (κ1) is 16.3. The van der Waals surface area contributed by atoms with E-state index < -0.39 is 0 Å². The van der Waals surface area contributed by atoms with Gasteiger partial charge in [-0.25, -0.2) is 0 Å². The predicted molar refractivity (Wildman–Crippen MR) is 75.9 cm³/mol. The third-order valence-electron chi connectivity index (χ3n) is 2.81. The Hall–Kier alpha value is -1.79. The lowest BCUT2D eigenvalue weighted by Gasteiger charge is -2.19. The molecule has 0 saturated carbocycles. The molecule has 0 radical (unpaired) electrons. The van der Waals surface area contributed by atoms with Crippen LogP contribution in [0.5, 0.6) is 11.5 Å². The summed E-state index contributed by atoms with van der Waals surface area (Å²) in [5.74, 6) is 1.17. The number of benzene rings is 1. The number of para-hydroxylation sites is 1. The highest BCUT2D eigenvalue weighted by atomic mass is 16.5. The third kappa shape index (κ3) is 4.40. The minimum Gasteiger partial charge on any atom is -0.493 e. The van der Waals surface area contributed by atoms with Crippen molar-refractivity contribution in [2.75, 3.05) is 41.0 Å². The normalized spacial score (nSPS) is 10.2. The Morgan fingerprint density at radius 1 is 1.30 bits per heavy atom. The Balaban J connectivity index is 2.70. The molecule has 0 atom stereocenters. The summed E-state index contributed by atoms with van der Waals surface area (Å²) in [7, 11) is 4.87.